The minimum atomic E-state index is -0.420. The molecule has 1 unspecified atom stereocenters. The molecule has 1 atom stereocenters. The number of rotatable bonds is 10. The van der Waals surface area contributed by atoms with Crippen LogP contribution in [-0.4, -0.2) is 35.3 Å². The molecule has 3 aromatic rings. The van der Waals surface area contributed by atoms with Gasteiger partial charge in [-0.3, -0.25) is 9.59 Å². The number of para-hydroxylation sites is 2. The molecular weight excluding hydrogens is 470 g/mol. The lowest BCUT2D eigenvalue weighted by atomic mass is 9.88. The van der Waals surface area contributed by atoms with Crippen LogP contribution in [-0.2, 0) is 16.0 Å². The monoisotopic (exact) mass is 515 g/mol. The molecule has 1 aliphatic carbocycles. The van der Waals surface area contributed by atoms with Crippen molar-refractivity contribution in [2.24, 2.45) is 11.8 Å². The van der Waals surface area contributed by atoms with E-state index < -0.39 is 5.92 Å². The fourth-order valence-corrected chi connectivity index (χ4v) is 6.08. The molecule has 1 fully saturated rings. The minimum Gasteiger partial charge on any atom is -0.361 e. The van der Waals surface area contributed by atoms with Gasteiger partial charge in [0.2, 0.25) is 11.8 Å². The lowest BCUT2D eigenvalue weighted by Crippen LogP contribution is -2.39. The molecule has 0 radical (unpaired) electrons. The summed E-state index contributed by atoms with van der Waals surface area (Å²) in [6.45, 7) is 9.38. The lowest BCUT2D eigenvalue weighted by molar-refractivity contribution is -0.137. The molecule has 1 heterocycles. The average molecular weight is 516 g/mol. The fraction of sp³-hybridized carbons (Fsp3) is 0.515. The highest BCUT2D eigenvalue weighted by atomic mass is 16.2. The maximum absolute atomic E-state index is 13.9. The Morgan fingerprint density at radius 2 is 1.61 bits per heavy atom. The Balaban J connectivity index is 1.57. The Hall–Kier alpha value is -3.08. The third-order valence-electron chi connectivity index (χ3n) is 8.19. The second-order valence-corrected chi connectivity index (χ2v) is 11.9. The maximum Gasteiger partial charge on any atom is 0.226 e. The molecule has 5 nitrogen and oxygen atoms in total. The number of benzene rings is 2. The van der Waals surface area contributed by atoms with Crippen molar-refractivity contribution in [1.29, 1.82) is 0 Å². The molecule has 2 N–H and O–H groups in total. The third-order valence-corrected chi connectivity index (χ3v) is 8.19. The van der Waals surface area contributed by atoms with Crippen LogP contribution in [0, 0.1) is 11.8 Å². The Morgan fingerprint density at radius 3 is 2.26 bits per heavy atom. The highest BCUT2D eigenvalue weighted by Gasteiger charge is 2.29. The second-order valence-electron chi connectivity index (χ2n) is 11.9. The zero-order chi connectivity index (χ0) is 27.2. The Morgan fingerprint density at radius 1 is 0.947 bits per heavy atom. The van der Waals surface area contributed by atoms with Crippen LogP contribution in [0.5, 0.6) is 0 Å². The summed E-state index contributed by atoms with van der Waals surface area (Å²) in [4.78, 5) is 32.7. The van der Waals surface area contributed by atoms with Crippen molar-refractivity contribution in [1.82, 2.24) is 9.88 Å². The standard InChI is InChI=1S/C33H45N3O2/c1-22(2)27-15-11-16-28(23(3)4)32(27)35-31(37)19-25(18-26-20-34-30-17-10-9-14-29(26)30)33(38)36(5)21-24-12-7-6-8-13-24/h9-11,14-17,20,22-25,34H,6-8,12-13,18-19,21H2,1-5H3,(H,35,37). The van der Waals surface area contributed by atoms with Gasteiger partial charge in [0, 0.05) is 42.8 Å². The second kappa shape index (κ2) is 12.6. The van der Waals surface area contributed by atoms with Gasteiger partial charge in [-0.15, -0.1) is 0 Å². The van der Waals surface area contributed by atoms with Crippen molar-refractivity contribution in [2.45, 2.75) is 84.5 Å². The normalized spacial score (nSPS) is 15.2. The van der Waals surface area contributed by atoms with E-state index >= 15 is 0 Å². The number of amides is 2. The number of aromatic amines is 1. The number of hydrogen-bond donors (Lipinski definition) is 2. The summed E-state index contributed by atoms with van der Waals surface area (Å²) in [5.41, 5.74) is 5.33. The van der Waals surface area contributed by atoms with Crippen LogP contribution in [0.25, 0.3) is 10.9 Å². The van der Waals surface area contributed by atoms with Crippen LogP contribution in [0.15, 0.2) is 48.7 Å². The molecule has 38 heavy (non-hydrogen) atoms. The van der Waals surface area contributed by atoms with E-state index in [1.807, 2.05) is 36.3 Å². The van der Waals surface area contributed by atoms with Gasteiger partial charge in [0.25, 0.3) is 0 Å². The van der Waals surface area contributed by atoms with Gasteiger partial charge >= 0.3 is 0 Å². The largest absolute Gasteiger partial charge is 0.361 e. The first-order valence-corrected chi connectivity index (χ1v) is 14.5. The number of aromatic nitrogens is 1. The number of fused-ring (bicyclic) bond motifs is 1. The van der Waals surface area contributed by atoms with E-state index in [1.54, 1.807) is 0 Å². The molecule has 1 saturated carbocycles. The van der Waals surface area contributed by atoms with Gasteiger partial charge in [-0.2, -0.15) is 0 Å². The summed E-state index contributed by atoms with van der Waals surface area (Å²) in [5, 5.41) is 4.37. The molecule has 5 heteroatoms. The van der Waals surface area contributed by atoms with Crippen molar-refractivity contribution in [2.75, 3.05) is 18.9 Å². The summed E-state index contributed by atoms with van der Waals surface area (Å²) in [5.74, 6) is 0.688. The third kappa shape index (κ3) is 6.67. The van der Waals surface area contributed by atoms with Crippen LogP contribution in [0.1, 0.15) is 94.7 Å². The smallest absolute Gasteiger partial charge is 0.226 e. The first-order valence-electron chi connectivity index (χ1n) is 14.5. The molecular formula is C33H45N3O2. The average Bonchev–Trinajstić information content (AvgIpc) is 3.31. The highest BCUT2D eigenvalue weighted by molar-refractivity contribution is 5.96. The molecule has 204 valence electrons. The van der Waals surface area contributed by atoms with Crippen molar-refractivity contribution < 1.29 is 9.59 Å². The zero-order valence-corrected chi connectivity index (χ0v) is 23.8. The molecule has 1 aliphatic rings. The van der Waals surface area contributed by atoms with Crippen LogP contribution >= 0.6 is 0 Å². The molecule has 0 spiro atoms. The van der Waals surface area contributed by atoms with Crippen LogP contribution in [0.2, 0.25) is 0 Å². The van der Waals surface area contributed by atoms with Crippen molar-refractivity contribution in [3.05, 3.63) is 65.4 Å². The number of nitrogens with one attached hydrogen (secondary N) is 2. The summed E-state index contributed by atoms with van der Waals surface area (Å²) in [6.07, 6.45) is 8.88. The van der Waals surface area contributed by atoms with Crippen molar-refractivity contribution in [3.63, 3.8) is 0 Å². The van der Waals surface area contributed by atoms with Crippen LogP contribution < -0.4 is 5.32 Å². The Kier molecular flexibility index (Phi) is 9.30. The van der Waals surface area contributed by atoms with E-state index in [4.69, 9.17) is 0 Å². The predicted octanol–water partition coefficient (Wildman–Crippen LogP) is 7.64. The zero-order valence-electron chi connectivity index (χ0n) is 23.8. The van der Waals surface area contributed by atoms with E-state index in [2.05, 4.69) is 62.3 Å². The van der Waals surface area contributed by atoms with E-state index in [1.165, 1.54) is 32.1 Å². The quantitative estimate of drug-likeness (QED) is 0.291. The van der Waals surface area contributed by atoms with Gasteiger partial charge in [0.05, 0.1) is 5.92 Å². The minimum absolute atomic E-state index is 0.0669. The van der Waals surface area contributed by atoms with Gasteiger partial charge in [-0.25, -0.2) is 0 Å². The molecule has 2 amide bonds. The lowest BCUT2D eigenvalue weighted by Gasteiger charge is -2.29. The predicted molar refractivity (Wildman–Crippen MR) is 158 cm³/mol. The number of H-pyrrole nitrogens is 1. The van der Waals surface area contributed by atoms with Crippen LogP contribution in [0.3, 0.4) is 0 Å². The maximum atomic E-state index is 13.9. The molecule has 2 aromatic carbocycles. The van der Waals surface area contributed by atoms with Crippen molar-refractivity contribution >= 4 is 28.4 Å². The number of hydrogen-bond acceptors (Lipinski definition) is 2. The number of carbonyl (C=O) groups is 2. The highest BCUT2D eigenvalue weighted by Crippen LogP contribution is 2.33. The molecule has 1 aromatic heterocycles. The van der Waals surface area contributed by atoms with Crippen molar-refractivity contribution in [3.8, 4) is 0 Å². The molecule has 0 saturated heterocycles. The van der Waals surface area contributed by atoms with Gasteiger partial charge in [0.1, 0.15) is 0 Å². The van der Waals surface area contributed by atoms with E-state index in [-0.39, 0.29) is 30.1 Å². The Labute approximate surface area is 228 Å². The first-order chi connectivity index (χ1) is 18.2. The van der Waals surface area contributed by atoms with Crippen LogP contribution in [0.4, 0.5) is 5.69 Å². The summed E-state index contributed by atoms with van der Waals surface area (Å²) >= 11 is 0. The summed E-state index contributed by atoms with van der Waals surface area (Å²) in [7, 11) is 1.92. The number of anilines is 1. The molecule has 4 rings (SSSR count). The van der Waals surface area contributed by atoms with E-state index in [0.29, 0.717) is 12.3 Å². The van der Waals surface area contributed by atoms with Gasteiger partial charge in [-0.05, 0) is 59.8 Å². The number of nitrogens with zero attached hydrogens (tertiary/aromatic N) is 1. The topological polar surface area (TPSA) is 65.2 Å². The molecule has 0 bridgehead atoms. The Bertz CT molecular complexity index is 1210. The van der Waals surface area contributed by atoms with Gasteiger partial charge in [0.15, 0.2) is 0 Å². The number of carbonyl (C=O) groups excluding carboxylic acids is 2. The summed E-state index contributed by atoms with van der Waals surface area (Å²) in [6, 6.07) is 14.4. The summed E-state index contributed by atoms with van der Waals surface area (Å²) < 4.78 is 0. The molecule has 0 aliphatic heterocycles. The SMILES string of the molecule is CC(C)c1cccc(C(C)C)c1NC(=O)CC(Cc1c[nH]c2ccccc12)C(=O)N(C)CC1CCCCC1. The first kappa shape index (κ1) is 27.9. The fourth-order valence-electron chi connectivity index (χ4n) is 6.08. The van der Waals surface area contributed by atoms with Gasteiger partial charge < -0.3 is 15.2 Å². The van der Waals surface area contributed by atoms with E-state index in [0.717, 1.165) is 39.8 Å². The van der Waals surface area contributed by atoms with Gasteiger partial charge in [-0.1, -0.05) is 83.4 Å². The van der Waals surface area contributed by atoms with E-state index in [9.17, 15) is 9.59 Å².